The highest BCUT2D eigenvalue weighted by molar-refractivity contribution is 7.08. The van der Waals surface area contributed by atoms with E-state index in [-0.39, 0.29) is 0 Å². The standard InChI is InChI=1S/C12H8Si2/c1-2-6-12-8-4-10-14-13-9-3-7-11(12)5-1/h1-2,5-6H,7-8H2. The van der Waals surface area contributed by atoms with Crippen molar-refractivity contribution in [1.29, 1.82) is 0 Å². The summed E-state index contributed by atoms with van der Waals surface area (Å²) in [5.74, 6) is 6.43. The summed E-state index contributed by atoms with van der Waals surface area (Å²) in [5, 5.41) is 0. The Kier molecular flexibility index (Phi) is 3.24. The smallest absolute Gasteiger partial charge is 0.138 e. The van der Waals surface area contributed by atoms with E-state index < -0.39 is 0 Å². The molecule has 0 amide bonds. The summed E-state index contributed by atoms with van der Waals surface area (Å²) in [6.45, 7) is 0. The number of hydrogen-bond acceptors (Lipinski definition) is 0. The van der Waals surface area contributed by atoms with Crippen LogP contribution >= 0.6 is 0 Å². The fraction of sp³-hybridized carbons (Fsp3) is 0.167. The van der Waals surface area contributed by atoms with Crippen LogP contribution in [0.5, 0.6) is 0 Å². The maximum Gasteiger partial charge on any atom is 0.147 e. The Balaban J connectivity index is 2.33. The molecule has 0 atom stereocenters. The summed E-state index contributed by atoms with van der Waals surface area (Å²) < 4.78 is 0. The van der Waals surface area contributed by atoms with Crippen molar-refractivity contribution in [1.82, 2.24) is 0 Å². The summed E-state index contributed by atoms with van der Waals surface area (Å²) in [7, 11) is 1.43. The molecule has 1 aromatic rings. The molecule has 0 saturated carbocycles. The lowest BCUT2D eigenvalue weighted by molar-refractivity contribution is 1.19. The molecule has 64 valence electrons. The van der Waals surface area contributed by atoms with E-state index in [2.05, 4.69) is 47.2 Å². The van der Waals surface area contributed by atoms with Gasteiger partial charge in [-0.05, 0) is 11.1 Å². The van der Waals surface area contributed by atoms with E-state index in [0.29, 0.717) is 18.1 Å². The van der Waals surface area contributed by atoms with Crippen LogP contribution in [0.4, 0.5) is 0 Å². The van der Waals surface area contributed by atoms with Gasteiger partial charge in [0.1, 0.15) is 18.1 Å². The summed E-state index contributed by atoms with van der Waals surface area (Å²) in [4.78, 5) is 0. The van der Waals surface area contributed by atoms with Gasteiger partial charge in [-0.15, -0.1) is 22.9 Å². The average Bonchev–Trinajstić information content (AvgIpc) is 2.25. The summed E-state index contributed by atoms with van der Waals surface area (Å²) in [5.41, 5.74) is 9.04. The zero-order valence-corrected chi connectivity index (χ0v) is 9.72. The molecule has 14 heavy (non-hydrogen) atoms. The zero-order valence-electron chi connectivity index (χ0n) is 7.72. The molecule has 1 heterocycles. The molecule has 4 radical (unpaired) electrons. The highest BCUT2D eigenvalue weighted by Gasteiger charge is 1.98. The van der Waals surface area contributed by atoms with Crippen LogP contribution in [-0.2, 0) is 12.8 Å². The molecule has 0 fully saturated rings. The fourth-order valence-corrected chi connectivity index (χ4v) is 2.72. The molecule has 2 rings (SSSR count). The Morgan fingerprint density at radius 1 is 0.857 bits per heavy atom. The third-order valence-electron chi connectivity index (χ3n) is 2.04. The van der Waals surface area contributed by atoms with Crippen molar-refractivity contribution in [3.8, 4) is 22.9 Å². The first kappa shape index (κ1) is 9.33. The van der Waals surface area contributed by atoms with Gasteiger partial charge >= 0.3 is 0 Å². The molecule has 1 aliphatic heterocycles. The van der Waals surface area contributed by atoms with Crippen LogP contribution in [0.1, 0.15) is 11.1 Å². The Labute approximate surface area is 89.6 Å². The molecule has 1 aliphatic rings. The van der Waals surface area contributed by atoms with Crippen molar-refractivity contribution < 1.29 is 0 Å². The number of fused-ring (bicyclic) bond motifs is 1. The van der Waals surface area contributed by atoms with Crippen molar-refractivity contribution in [2.24, 2.45) is 0 Å². The Bertz CT molecular complexity index is 398. The van der Waals surface area contributed by atoms with Gasteiger partial charge < -0.3 is 0 Å². The van der Waals surface area contributed by atoms with Crippen LogP contribution in [0.3, 0.4) is 0 Å². The van der Waals surface area contributed by atoms with Crippen LogP contribution < -0.4 is 0 Å². The first-order chi connectivity index (χ1) is 6.97. The van der Waals surface area contributed by atoms with Crippen LogP contribution in [0, 0.1) is 22.9 Å². The highest BCUT2D eigenvalue weighted by atomic mass is 29.1. The minimum absolute atomic E-state index is 0.713. The van der Waals surface area contributed by atoms with Crippen molar-refractivity contribution in [2.75, 3.05) is 0 Å². The summed E-state index contributed by atoms with van der Waals surface area (Å²) in [6.07, 6.45) is 1.77. The van der Waals surface area contributed by atoms with Gasteiger partial charge in [0.25, 0.3) is 0 Å². The van der Waals surface area contributed by atoms with Gasteiger partial charge in [0.2, 0.25) is 0 Å². The topological polar surface area (TPSA) is 0 Å². The van der Waals surface area contributed by atoms with Gasteiger partial charge in [-0.3, -0.25) is 0 Å². The van der Waals surface area contributed by atoms with Crippen molar-refractivity contribution in [2.45, 2.75) is 12.8 Å². The lowest BCUT2D eigenvalue weighted by Gasteiger charge is -2.02. The molecular formula is C12H8Si2. The first-order valence-corrected chi connectivity index (χ1v) is 7.49. The molecule has 0 spiro atoms. The van der Waals surface area contributed by atoms with Crippen LogP contribution in [0.2, 0.25) is 0 Å². The predicted octanol–water partition coefficient (Wildman–Crippen LogP) is 1.03. The quantitative estimate of drug-likeness (QED) is 0.441. The molecular weight excluding hydrogens is 200 g/mol. The normalized spacial score (nSPS) is 14.0. The third-order valence-corrected chi connectivity index (χ3v) is 3.89. The van der Waals surface area contributed by atoms with Crippen LogP contribution in [-0.4, -0.2) is 18.1 Å². The second-order valence-corrected chi connectivity index (χ2v) is 5.48. The Hall–Kier alpha value is -1.23. The van der Waals surface area contributed by atoms with Crippen LogP contribution in [0.15, 0.2) is 24.3 Å². The van der Waals surface area contributed by atoms with Gasteiger partial charge in [-0.2, -0.15) is 0 Å². The number of benzene rings is 1. The Morgan fingerprint density at radius 3 is 1.86 bits per heavy atom. The maximum absolute atomic E-state index is 3.21. The number of rotatable bonds is 0. The molecule has 0 saturated heterocycles. The highest BCUT2D eigenvalue weighted by Crippen LogP contribution is 2.09. The monoisotopic (exact) mass is 208 g/mol. The van der Waals surface area contributed by atoms with Gasteiger partial charge in [0.15, 0.2) is 0 Å². The Morgan fingerprint density at radius 2 is 1.36 bits per heavy atom. The fourth-order valence-electron chi connectivity index (χ4n) is 1.33. The van der Waals surface area contributed by atoms with Gasteiger partial charge in [0, 0.05) is 12.8 Å². The van der Waals surface area contributed by atoms with Crippen molar-refractivity contribution >= 4 is 18.1 Å². The molecule has 0 aliphatic carbocycles. The lowest BCUT2D eigenvalue weighted by Crippen LogP contribution is -2.00. The van der Waals surface area contributed by atoms with E-state index in [1.807, 2.05) is 0 Å². The largest absolute Gasteiger partial charge is 0.147 e. The molecule has 1 aromatic carbocycles. The van der Waals surface area contributed by atoms with E-state index in [9.17, 15) is 0 Å². The molecule has 0 unspecified atom stereocenters. The van der Waals surface area contributed by atoms with E-state index >= 15 is 0 Å². The van der Waals surface area contributed by atoms with Gasteiger partial charge in [0.05, 0.1) is 0 Å². The second-order valence-electron chi connectivity index (χ2n) is 2.98. The van der Waals surface area contributed by atoms with E-state index in [0.717, 1.165) is 12.8 Å². The third kappa shape index (κ3) is 2.38. The minimum Gasteiger partial charge on any atom is -0.138 e. The maximum atomic E-state index is 3.21. The summed E-state index contributed by atoms with van der Waals surface area (Å²) in [6, 6.07) is 8.45. The number of hydrogen-bond donors (Lipinski definition) is 0. The average molecular weight is 208 g/mol. The molecule has 2 heteroatoms. The van der Waals surface area contributed by atoms with E-state index in [4.69, 9.17) is 0 Å². The van der Waals surface area contributed by atoms with Crippen LogP contribution in [0.25, 0.3) is 0 Å². The van der Waals surface area contributed by atoms with E-state index in [1.54, 1.807) is 0 Å². The summed E-state index contributed by atoms with van der Waals surface area (Å²) >= 11 is 0. The predicted molar refractivity (Wildman–Crippen MR) is 60.9 cm³/mol. The molecule has 0 bridgehead atoms. The molecule has 0 nitrogen and oxygen atoms in total. The SMILES string of the molecule is C1#C[Si][Si]C#CCc2ccccc2C1. The van der Waals surface area contributed by atoms with Crippen molar-refractivity contribution in [3.05, 3.63) is 35.4 Å². The zero-order chi connectivity index (χ0) is 9.64. The second kappa shape index (κ2) is 4.86. The van der Waals surface area contributed by atoms with Gasteiger partial charge in [-0.25, -0.2) is 0 Å². The first-order valence-electron chi connectivity index (χ1n) is 4.49. The minimum atomic E-state index is 0.713. The van der Waals surface area contributed by atoms with Crippen molar-refractivity contribution in [3.63, 3.8) is 0 Å². The lowest BCUT2D eigenvalue weighted by atomic mass is 10.0. The molecule has 0 N–H and O–H groups in total. The molecule has 0 aromatic heterocycles. The van der Waals surface area contributed by atoms with E-state index in [1.165, 1.54) is 11.1 Å². The van der Waals surface area contributed by atoms with Gasteiger partial charge in [-0.1, -0.05) is 24.3 Å².